The molecule has 1 aromatic carbocycles. The van der Waals surface area contributed by atoms with Crippen LogP contribution in [0.2, 0.25) is 0 Å². The number of likely N-dealkylation sites (tertiary alicyclic amines) is 1. The molecular formula is C16H26ClN3O. The zero-order valence-electron chi connectivity index (χ0n) is 12.9. The molecule has 4 nitrogen and oxygen atoms in total. The van der Waals surface area contributed by atoms with Crippen molar-refractivity contribution in [3.05, 3.63) is 29.8 Å². The van der Waals surface area contributed by atoms with E-state index in [1.165, 1.54) is 5.56 Å². The highest BCUT2D eigenvalue weighted by atomic mass is 35.5. The molecule has 0 unspecified atom stereocenters. The molecule has 118 valence electrons. The molecule has 1 aliphatic heterocycles. The maximum atomic E-state index is 12.0. The van der Waals surface area contributed by atoms with Crippen LogP contribution < -0.4 is 10.6 Å². The normalized spacial score (nSPS) is 16.3. The molecule has 2 N–H and O–H groups in total. The molecule has 1 fully saturated rings. The predicted molar refractivity (Wildman–Crippen MR) is 90.2 cm³/mol. The standard InChI is InChI=1S/C16H25N3O.ClH/c1-3-13-4-6-15(7-5-13)18-16(20)12-19-10-8-14(17-2)9-11-19;/h4-7,14,17H,3,8-12H2,1-2H3,(H,18,20);1H. The van der Waals surface area contributed by atoms with Crippen molar-refractivity contribution in [1.29, 1.82) is 0 Å². The summed E-state index contributed by atoms with van der Waals surface area (Å²) in [6.45, 7) is 4.61. The molecule has 0 aromatic heterocycles. The molecule has 0 radical (unpaired) electrons. The first-order valence-electron chi connectivity index (χ1n) is 7.49. The van der Waals surface area contributed by atoms with Gasteiger partial charge in [-0.05, 0) is 44.0 Å². The van der Waals surface area contributed by atoms with Gasteiger partial charge in [0.25, 0.3) is 0 Å². The highest BCUT2D eigenvalue weighted by molar-refractivity contribution is 5.92. The fourth-order valence-corrected chi connectivity index (χ4v) is 2.61. The summed E-state index contributed by atoms with van der Waals surface area (Å²) in [4.78, 5) is 14.2. The van der Waals surface area contributed by atoms with E-state index < -0.39 is 0 Å². The molecular weight excluding hydrogens is 286 g/mol. The molecule has 1 aliphatic rings. The second-order valence-electron chi connectivity index (χ2n) is 5.44. The van der Waals surface area contributed by atoms with E-state index in [0.29, 0.717) is 12.6 Å². The van der Waals surface area contributed by atoms with Crippen LogP contribution in [0.4, 0.5) is 5.69 Å². The number of piperidine rings is 1. The Balaban J connectivity index is 0.00000220. The van der Waals surface area contributed by atoms with E-state index in [1.54, 1.807) is 0 Å². The van der Waals surface area contributed by atoms with Gasteiger partial charge < -0.3 is 10.6 Å². The van der Waals surface area contributed by atoms with Gasteiger partial charge in [-0.25, -0.2) is 0 Å². The number of nitrogens with zero attached hydrogens (tertiary/aromatic N) is 1. The minimum absolute atomic E-state index is 0. The van der Waals surface area contributed by atoms with Crippen molar-refractivity contribution < 1.29 is 4.79 Å². The summed E-state index contributed by atoms with van der Waals surface area (Å²) >= 11 is 0. The first-order valence-corrected chi connectivity index (χ1v) is 7.49. The molecule has 0 saturated carbocycles. The third kappa shape index (κ3) is 5.65. The number of rotatable bonds is 5. The average Bonchev–Trinajstić information content (AvgIpc) is 2.49. The van der Waals surface area contributed by atoms with Crippen LogP contribution in [0.5, 0.6) is 0 Å². The Labute approximate surface area is 133 Å². The van der Waals surface area contributed by atoms with Crippen molar-refractivity contribution in [1.82, 2.24) is 10.2 Å². The van der Waals surface area contributed by atoms with Crippen LogP contribution in [0.15, 0.2) is 24.3 Å². The highest BCUT2D eigenvalue weighted by Gasteiger charge is 2.19. The first-order chi connectivity index (χ1) is 9.71. The molecule has 0 bridgehead atoms. The van der Waals surface area contributed by atoms with Crippen LogP contribution in [0, 0.1) is 0 Å². The lowest BCUT2D eigenvalue weighted by atomic mass is 10.1. The zero-order chi connectivity index (χ0) is 14.4. The molecule has 1 saturated heterocycles. The Morgan fingerprint density at radius 2 is 1.86 bits per heavy atom. The zero-order valence-corrected chi connectivity index (χ0v) is 13.7. The monoisotopic (exact) mass is 311 g/mol. The van der Waals surface area contributed by atoms with Crippen molar-refractivity contribution >= 4 is 24.0 Å². The van der Waals surface area contributed by atoms with Gasteiger partial charge >= 0.3 is 0 Å². The molecule has 0 atom stereocenters. The summed E-state index contributed by atoms with van der Waals surface area (Å²) in [5.74, 6) is 0.0807. The van der Waals surface area contributed by atoms with Gasteiger partial charge in [-0.15, -0.1) is 12.4 Å². The van der Waals surface area contributed by atoms with E-state index in [1.807, 2.05) is 19.2 Å². The molecule has 1 amide bonds. The van der Waals surface area contributed by atoms with Gasteiger partial charge in [-0.2, -0.15) is 0 Å². The quantitative estimate of drug-likeness (QED) is 0.877. The fourth-order valence-electron chi connectivity index (χ4n) is 2.61. The van der Waals surface area contributed by atoms with Crippen molar-refractivity contribution in [2.45, 2.75) is 32.2 Å². The van der Waals surface area contributed by atoms with Crippen LogP contribution in [-0.4, -0.2) is 43.5 Å². The SMILES string of the molecule is CCc1ccc(NC(=O)CN2CCC(NC)CC2)cc1.Cl. The molecule has 5 heteroatoms. The largest absolute Gasteiger partial charge is 0.325 e. The number of nitrogens with one attached hydrogen (secondary N) is 2. The van der Waals surface area contributed by atoms with Gasteiger partial charge in [-0.3, -0.25) is 9.69 Å². The van der Waals surface area contributed by atoms with E-state index in [0.717, 1.165) is 38.0 Å². The fraction of sp³-hybridized carbons (Fsp3) is 0.562. The number of carbonyl (C=O) groups excluding carboxylic acids is 1. The van der Waals surface area contributed by atoms with E-state index in [9.17, 15) is 4.79 Å². The van der Waals surface area contributed by atoms with Gasteiger partial charge in [-0.1, -0.05) is 19.1 Å². The summed E-state index contributed by atoms with van der Waals surface area (Å²) < 4.78 is 0. The summed E-state index contributed by atoms with van der Waals surface area (Å²) in [5, 5.41) is 6.27. The summed E-state index contributed by atoms with van der Waals surface area (Å²) in [7, 11) is 2.01. The molecule has 1 heterocycles. The second kappa shape index (κ2) is 9.03. The Kier molecular flexibility index (Phi) is 7.72. The van der Waals surface area contributed by atoms with Crippen LogP contribution in [-0.2, 0) is 11.2 Å². The number of anilines is 1. The number of carbonyl (C=O) groups is 1. The Bertz CT molecular complexity index is 428. The smallest absolute Gasteiger partial charge is 0.238 e. The number of benzene rings is 1. The van der Waals surface area contributed by atoms with E-state index in [-0.39, 0.29) is 18.3 Å². The maximum absolute atomic E-state index is 12.0. The number of halogens is 1. The average molecular weight is 312 g/mol. The molecule has 2 rings (SSSR count). The summed E-state index contributed by atoms with van der Waals surface area (Å²) in [6, 6.07) is 8.69. The van der Waals surface area contributed by atoms with E-state index in [2.05, 4.69) is 34.6 Å². The summed E-state index contributed by atoms with van der Waals surface area (Å²) in [6.07, 6.45) is 3.26. The lowest BCUT2D eigenvalue weighted by molar-refractivity contribution is -0.117. The Hall–Kier alpha value is -1.10. The molecule has 0 spiro atoms. The summed E-state index contributed by atoms with van der Waals surface area (Å²) in [5.41, 5.74) is 2.18. The van der Waals surface area contributed by atoms with E-state index >= 15 is 0 Å². The Morgan fingerprint density at radius 3 is 2.38 bits per heavy atom. The predicted octanol–water partition coefficient (Wildman–Crippen LogP) is 2.29. The van der Waals surface area contributed by atoms with Crippen LogP contribution in [0.1, 0.15) is 25.3 Å². The van der Waals surface area contributed by atoms with Crippen LogP contribution >= 0.6 is 12.4 Å². The molecule has 0 aliphatic carbocycles. The van der Waals surface area contributed by atoms with Crippen molar-refractivity contribution in [2.24, 2.45) is 0 Å². The minimum atomic E-state index is 0. The number of aryl methyl sites for hydroxylation is 1. The van der Waals surface area contributed by atoms with Crippen LogP contribution in [0.3, 0.4) is 0 Å². The lowest BCUT2D eigenvalue weighted by Crippen LogP contribution is -2.44. The molecule has 1 aromatic rings. The molecule has 21 heavy (non-hydrogen) atoms. The van der Waals surface area contributed by atoms with Gasteiger partial charge in [0.05, 0.1) is 6.54 Å². The van der Waals surface area contributed by atoms with Gasteiger partial charge in [0, 0.05) is 24.8 Å². The van der Waals surface area contributed by atoms with Gasteiger partial charge in [0.2, 0.25) is 5.91 Å². The second-order valence-corrected chi connectivity index (χ2v) is 5.44. The van der Waals surface area contributed by atoms with E-state index in [4.69, 9.17) is 0 Å². The highest BCUT2D eigenvalue weighted by Crippen LogP contribution is 2.12. The maximum Gasteiger partial charge on any atom is 0.238 e. The van der Waals surface area contributed by atoms with Crippen molar-refractivity contribution in [2.75, 3.05) is 32.0 Å². The lowest BCUT2D eigenvalue weighted by Gasteiger charge is -2.31. The van der Waals surface area contributed by atoms with Crippen molar-refractivity contribution in [3.63, 3.8) is 0 Å². The Morgan fingerprint density at radius 1 is 1.24 bits per heavy atom. The van der Waals surface area contributed by atoms with Crippen LogP contribution in [0.25, 0.3) is 0 Å². The number of hydrogen-bond donors (Lipinski definition) is 2. The third-order valence-electron chi connectivity index (χ3n) is 4.01. The number of amides is 1. The third-order valence-corrected chi connectivity index (χ3v) is 4.01. The topological polar surface area (TPSA) is 44.4 Å². The van der Waals surface area contributed by atoms with Gasteiger partial charge in [0.15, 0.2) is 0 Å². The number of hydrogen-bond acceptors (Lipinski definition) is 3. The first kappa shape index (κ1) is 18.0. The van der Waals surface area contributed by atoms with Gasteiger partial charge in [0.1, 0.15) is 0 Å². The minimum Gasteiger partial charge on any atom is -0.325 e. The van der Waals surface area contributed by atoms with Crippen molar-refractivity contribution in [3.8, 4) is 0 Å².